The van der Waals surface area contributed by atoms with E-state index in [-0.39, 0.29) is 0 Å². The normalized spacial score (nSPS) is 26.0. The summed E-state index contributed by atoms with van der Waals surface area (Å²) < 4.78 is 27.4. The Morgan fingerprint density at radius 2 is 2.33 bits per heavy atom. The van der Waals surface area contributed by atoms with Crippen LogP contribution in [0.15, 0.2) is 28.2 Å². The molecule has 1 aliphatic rings. The topological polar surface area (TPSA) is 47.3 Å². The zero-order valence-corrected chi connectivity index (χ0v) is 10.3. The van der Waals surface area contributed by atoms with Crippen LogP contribution in [0.25, 0.3) is 0 Å². The maximum Gasteiger partial charge on any atom is 0.252 e. The van der Waals surface area contributed by atoms with Gasteiger partial charge in [0, 0.05) is 22.7 Å². The molecule has 6 heteroatoms. The van der Waals surface area contributed by atoms with Crippen LogP contribution in [-0.2, 0) is 13.1 Å². The van der Waals surface area contributed by atoms with E-state index in [0.717, 1.165) is 0 Å². The first kappa shape index (κ1) is 11.1. The minimum atomic E-state index is -3.70. The molecule has 1 aliphatic heterocycles. The second-order valence-corrected chi connectivity index (χ2v) is 7.53. The summed E-state index contributed by atoms with van der Waals surface area (Å²) in [5.74, 6) is 0.593. The lowest BCUT2D eigenvalue weighted by Crippen LogP contribution is -2.26. The van der Waals surface area contributed by atoms with Gasteiger partial charge in [-0.15, -0.1) is 11.8 Å². The molecule has 2 heterocycles. The third-order valence-corrected chi connectivity index (χ3v) is 6.69. The van der Waals surface area contributed by atoms with E-state index < -0.39 is 13.1 Å². The van der Waals surface area contributed by atoms with Gasteiger partial charge in [-0.05, 0) is 18.4 Å². The molecule has 3 nitrogen and oxygen atoms in total. The van der Waals surface area contributed by atoms with Crippen LogP contribution in [0.3, 0.4) is 0 Å². The Hall–Kier alpha value is -0.390. The van der Waals surface area contributed by atoms with E-state index in [4.69, 9.17) is 15.1 Å². The van der Waals surface area contributed by atoms with Crippen LogP contribution < -0.4 is 0 Å². The third-order valence-electron chi connectivity index (χ3n) is 2.40. The van der Waals surface area contributed by atoms with Crippen molar-refractivity contribution in [1.29, 1.82) is 0 Å². The molecule has 82 valence electrons. The SMILES string of the molecule is Cc1occc1C1(S(=O)(=O)Cl)CC=CS1. The van der Waals surface area contributed by atoms with Gasteiger partial charge in [-0.3, -0.25) is 0 Å². The lowest BCUT2D eigenvalue weighted by molar-refractivity contribution is 0.525. The molecule has 1 unspecified atom stereocenters. The first-order valence-electron chi connectivity index (χ1n) is 4.29. The van der Waals surface area contributed by atoms with Crippen molar-refractivity contribution in [3.05, 3.63) is 35.1 Å². The number of furan rings is 1. The van der Waals surface area contributed by atoms with Crippen LogP contribution in [-0.4, -0.2) is 8.42 Å². The molecule has 2 rings (SSSR count). The molecule has 0 aromatic carbocycles. The fourth-order valence-electron chi connectivity index (χ4n) is 1.65. The minimum absolute atomic E-state index is 0.379. The Balaban J connectivity index is 2.60. The van der Waals surface area contributed by atoms with Gasteiger partial charge in [0.1, 0.15) is 5.76 Å². The van der Waals surface area contributed by atoms with E-state index in [1.165, 1.54) is 18.0 Å². The average molecular weight is 265 g/mol. The summed E-state index contributed by atoms with van der Waals surface area (Å²) in [4.78, 5) is 0. The highest BCUT2D eigenvalue weighted by Gasteiger charge is 2.47. The second kappa shape index (κ2) is 3.57. The van der Waals surface area contributed by atoms with E-state index in [0.29, 0.717) is 17.7 Å². The Labute approximate surface area is 96.9 Å². The molecule has 0 amide bonds. The molecule has 0 fully saturated rings. The van der Waals surface area contributed by atoms with Gasteiger partial charge >= 0.3 is 0 Å². The van der Waals surface area contributed by atoms with Crippen LogP contribution in [0.5, 0.6) is 0 Å². The van der Waals surface area contributed by atoms with Gasteiger partial charge in [-0.25, -0.2) is 8.42 Å². The molecule has 0 saturated heterocycles. The van der Waals surface area contributed by atoms with Gasteiger partial charge in [0.15, 0.2) is 4.08 Å². The maximum atomic E-state index is 11.7. The predicted molar refractivity (Wildman–Crippen MR) is 61.2 cm³/mol. The summed E-state index contributed by atoms with van der Waals surface area (Å²) in [6.07, 6.45) is 3.66. The molecular formula is C9H9ClO3S2. The summed E-state index contributed by atoms with van der Waals surface area (Å²) in [5.41, 5.74) is 0.632. The molecule has 0 N–H and O–H groups in total. The van der Waals surface area contributed by atoms with Crippen molar-refractivity contribution in [2.45, 2.75) is 17.4 Å². The zero-order valence-electron chi connectivity index (χ0n) is 7.94. The zero-order chi connectivity index (χ0) is 11.1. The Morgan fingerprint density at radius 1 is 1.60 bits per heavy atom. The molecule has 15 heavy (non-hydrogen) atoms. The van der Waals surface area contributed by atoms with Crippen molar-refractivity contribution in [3.8, 4) is 0 Å². The first-order valence-corrected chi connectivity index (χ1v) is 7.48. The third kappa shape index (κ3) is 1.62. The highest BCUT2D eigenvalue weighted by atomic mass is 35.7. The van der Waals surface area contributed by atoms with Crippen molar-refractivity contribution in [2.75, 3.05) is 0 Å². The lowest BCUT2D eigenvalue weighted by Gasteiger charge is -2.23. The second-order valence-electron chi connectivity index (χ2n) is 3.27. The van der Waals surface area contributed by atoms with Crippen LogP contribution >= 0.6 is 22.4 Å². The van der Waals surface area contributed by atoms with Crippen molar-refractivity contribution >= 4 is 31.5 Å². The summed E-state index contributed by atoms with van der Waals surface area (Å²) in [6, 6.07) is 1.66. The standard InChI is InChI=1S/C9H9ClO3S2/c1-7-8(3-5-13-7)9(15(10,11)12)4-2-6-14-9/h2-3,5-6H,4H2,1H3. The van der Waals surface area contributed by atoms with Crippen LogP contribution in [0, 0.1) is 6.92 Å². The molecule has 1 atom stereocenters. The minimum Gasteiger partial charge on any atom is -0.469 e. The summed E-state index contributed by atoms with van der Waals surface area (Å²) in [6.45, 7) is 1.73. The number of allylic oxidation sites excluding steroid dienone is 1. The maximum absolute atomic E-state index is 11.7. The van der Waals surface area contributed by atoms with Gasteiger partial charge in [-0.2, -0.15) is 0 Å². The Kier molecular flexibility index (Phi) is 2.65. The smallest absolute Gasteiger partial charge is 0.252 e. The number of thioether (sulfide) groups is 1. The number of halogens is 1. The number of rotatable bonds is 2. The molecule has 0 bridgehead atoms. The lowest BCUT2D eigenvalue weighted by atomic mass is 10.1. The highest BCUT2D eigenvalue weighted by Crippen LogP contribution is 2.52. The van der Waals surface area contributed by atoms with Crippen molar-refractivity contribution in [2.24, 2.45) is 0 Å². The van der Waals surface area contributed by atoms with Crippen LogP contribution in [0.1, 0.15) is 17.7 Å². The van der Waals surface area contributed by atoms with Gasteiger partial charge in [-0.1, -0.05) is 6.08 Å². The summed E-state index contributed by atoms with van der Waals surface area (Å²) >= 11 is 1.21. The number of aryl methyl sites for hydroxylation is 1. The molecular weight excluding hydrogens is 256 g/mol. The van der Waals surface area contributed by atoms with Crippen molar-refractivity contribution in [1.82, 2.24) is 0 Å². The highest BCUT2D eigenvalue weighted by molar-refractivity contribution is 8.25. The van der Waals surface area contributed by atoms with E-state index in [1.807, 2.05) is 0 Å². The quantitative estimate of drug-likeness (QED) is 0.771. The summed E-state index contributed by atoms with van der Waals surface area (Å²) in [7, 11) is 1.83. The van der Waals surface area contributed by atoms with Gasteiger partial charge in [0.05, 0.1) is 6.26 Å². The predicted octanol–water partition coefficient (Wildman–Crippen LogP) is 2.96. The van der Waals surface area contributed by atoms with Crippen LogP contribution in [0.4, 0.5) is 0 Å². The summed E-state index contributed by atoms with van der Waals surface area (Å²) in [5, 5.41) is 1.76. The Morgan fingerprint density at radius 3 is 2.73 bits per heavy atom. The average Bonchev–Trinajstić information content (AvgIpc) is 2.70. The molecule has 1 aromatic heterocycles. The first-order chi connectivity index (χ1) is 6.97. The van der Waals surface area contributed by atoms with Gasteiger partial charge < -0.3 is 4.42 Å². The fraction of sp³-hybridized carbons (Fsp3) is 0.333. The number of hydrogen-bond acceptors (Lipinski definition) is 4. The molecule has 0 radical (unpaired) electrons. The number of hydrogen-bond donors (Lipinski definition) is 0. The van der Waals surface area contributed by atoms with E-state index >= 15 is 0 Å². The van der Waals surface area contributed by atoms with Gasteiger partial charge in [0.2, 0.25) is 0 Å². The van der Waals surface area contributed by atoms with E-state index in [1.54, 1.807) is 24.5 Å². The molecule has 0 saturated carbocycles. The van der Waals surface area contributed by atoms with E-state index in [9.17, 15) is 8.42 Å². The molecule has 0 spiro atoms. The Bertz CT molecular complexity index is 493. The van der Waals surface area contributed by atoms with Gasteiger partial charge in [0.25, 0.3) is 9.05 Å². The fourth-order valence-corrected chi connectivity index (χ4v) is 4.76. The largest absolute Gasteiger partial charge is 0.469 e. The molecule has 1 aromatic rings. The van der Waals surface area contributed by atoms with Crippen molar-refractivity contribution in [3.63, 3.8) is 0 Å². The van der Waals surface area contributed by atoms with E-state index in [2.05, 4.69) is 0 Å². The monoisotopic (exact) mass is 264 g/mol. The van der Waals surface area contributed by atoms with Crippen molar-refractivity contribution < 1.29 is 12.8 Å². The molecule has 0 aliphatic carbocycles. The van der Waals surface area contributed by atoms with Crippen LogP contribution in [0.2, 0.25) is 0 Å².